The van der Waals surface area contributed by atoms with Crippen molar-refractivity contribution in [3.8, 4) is 5.75 Å². The fraction of sp³-hybridized carbons (Fsp3) is 0.667. The number of ether oxygens (including phenoxy) is 1. The van der Waals surface area contributed by atoms with Crippen LogP contribution in [-0.4, -0.2) is 37.2 Å². The Morgan fingerprint density at radius 2 is 2.29 bits per heavy atom. The standard InChI is InChI=1S/C18H28N2O/c1-2-8-19-13-15-4-3-5-18(12-15)21-10-9-20-14-16-6-7-17(20)11-16/h3-5,12,16-17,19H,2,6-11,13-14H2,1H3. The Morgan fingerprint density at radius 1 is 1.33 bits per heavy atom. The van der Waals surface area contributed by atoms with Gasteiger partial charge in [-0.1, -0.05) is 19.1 Å². The predicted molar refractivity (Wildman–Crippen MR) is 86.6 cm³/mol. The van der Waals surface area contributed by atoms with Gasteiger partial charge in [-0.05, 0) is 55.8 Å². The van der Waals surface area contributed by atoms with Gasteiger partial charge in [-0.3, -0.25) is 4.90 Å². The molecular weight excluding hydrogens is 260 g/mol. The van der Waals surface area contributed by atoms with E-state index in [0.29, 0.717) is 0 Å². The third-order valence-electron chi connectivity index (χ3n) is 4.82. The van der Waals surface area contributed by atoms with Gasteiger partial charge < -0.3 is 10.1 Å². The molecule has 2 unspecified atom stereocenters. The van der Waals surface area contributed by atoms with Gasteiger partial charge in [-0.25, -0.2) is 0 Å². The van der Waals surface area contributed by atoms with E-state index in [1.165, 1.54) is 37.8 Å². The number of rotatable bonds is 8. The topological polar surface area (TPSA) is 24.5 Å². The Hall–Kier alpha value is -1.06. The molecule has 1 saturated heterocycles. The minimum Gasteiger partial charge on any atom is -0.492 e. The van der Waals surface area contributed by atoms with Crippen molar-refractivity contribution in [2.75, 3.05) is 26.2 Å². The molecule has 2 fully saturated rings. The summed E-state index contributed by atoms with van der Waals surface area (Å²) in [6.07, 6.45) is 5.46. The molecule has 3 heteroatoms. The van der Waals surface area contributed by atoms with E-state index in [0.717, 1.165) is 44.0 Å². The molecule has 2 atom stereocenters. The lowest BCUT2D eigenvalue weighted by molar-refractivity contribution is 0.172. The van der Waals surface area contributed by atoms with Crippen molar-refractivity contribution >= 4 is 0 Å². The summed E-state index contributed by atoms with van der Waals surface area (Å²) in [5.41, 5.74) is 1.31. The van der Waals surface area contributed by atoms with E-state index in [2.05, 4.69) is 41.4 Å². The van der Waals surface area contributed by atoms with Crippen LogP contribution in [0.4, 0.5) is 0 Å². The summed E-state index contributed by atoms with van der Waals surface area (Å²) in [4.78, 5) is 2.63. The van der Waals surface area contributed by atoms with Crippen molar-refractivity contribution in [2.45, 2.75) is 45.2 Å². The quantitative estimate of drug-likeness (QED) is 0.744. The summed E-state index contributed by atoms with van der Waals surface area (Å²) >= 11 is 0. The summed E-state index contributed by atoms with van der Waals surface area (Å²) in [7, 11) is 0. The maximum Gasteiger partial charge on any atom is 0.119 e. The van der Waals surface area contributed by atoms with Gasteiger partial charge in [0.05, 0.1) is 0 Å². The number of fused-ring (bicyclic) bond motifs is 2. The van der Waals surface area contributed by atoms with Gasteiger partial charge in [0, 0.05) is 25.7 Å². The zero-order valence-corrected chi connectivity index (χ0v) is 13.2. The first-order valence-electron chi connectivity index (χ1n) is 8.51. The van der Waals surface area contributed by atoms with Crippen LogP contribution in [0, 0.1) is 5.92 Å². The number of hydrogen-bond donors (Lipinski definition) is 1. The van der Waals surface area contributed by atoms with Crippen LogP contribution in [-0.2, 0) is 6.54 Å². The van der Waals surface area contributed by atoms with Crippen molar-refractivity contribution < 1.29 is 4.74 Å². The number of hydrogen-bond acceptors (Lipinski definition) is 3. The van der Waals surface area contributed by atoms with Gasteiger partial charge in [-0.2, -0.15) is 0 Å². The highest BCUT2D eigenvalue weighted by Gasteiger charge is 2.37. The summed E-state index contributed by atoms with van der Waals surface area (Å²) in [6.45, 7) is 7.39. The Bertz CT molecular complexity index is 449. The summed E-state index contributed by atoms with van der Waals surface area (Å²) in [5.74, 6) is 1.98. The molecule has 3 rings (SSSR count). The van der Waals surface area contributed by atoms with Crippen molar-refractivity contribution in [1.82, 2.24) is 10.2 Å². The van der Waals surface area contributed by atoms with Gasteiger partial charge in [0.2, 0.25) is 0 Å². The van der Waals surface area contributed by atoms with Crippen molar-refractivity contribution in [1.29, 1.82) is 0 Å². The molecule has 3 nitrogen and oxygen atoms in total. The molecule has 0 radical (unpaired) electrons. The van der Waals surface area contributed by atoms with Crippen LogP contribution >= 0.6 is 0 Å². The molecule has 1 saturated carbocycles. The molecule has 0 amide bonds. The van der Waals surface area contributed by atoms with Gasteiger partial charge in [0.15, 0.2) is 0 Å². The van der Waals surface area contributed by atoms with E-state index in [1.807, 2.05) is 0 Å². The largest absolute Gasteiger partial charge is 0.492 e. The number of nitrogens with one attached hydrogen (secondary N) is 1. The maximum atomic E-state index is 5.95. The highest BCUT2D eigenvalue weighted by atomic mass is 16.5. The summed E-state index contributed by atoms with van der Waals surface area (Å²) in [6, 6.07) is 9.34. The van der Waals surface area contributed by atoms with E-state index in [4.69, 9.17) is 4.74 Å². The van der Waals surface area contributed by atoms with Gasteiger partial charge >= 0.3 is 0 Å². The number of nitrogens with zero attached hydrogens (tertiary/aromatic N) is 1. The molecule has 1 aliphatic heterocycles. The van der Waals surface area contributed by atoms with Crippen molar-refractivity contribution in [2.24, 2.45) is 5.92 Å². The average Bonchev–Trinajstić information content (AvgIpc) is 3.11. The molecule has 1 aromatic rings. The average molecular weight is 288 g/mol. The van der Waals surface area contributed by atoms with Crippen LogP contribution in [0.2, 0.25) is 0 Å². The lowest BCUT2D eigenvalue weighted by Crippen LogP contribution is -2.35. The van der Waals surface area contributed by atoms with E-state index in [9.17, 15) is 0 Å². The Morgan fingerprint density at radius 3 is 3.05 bits per heavy atom. The minimum atomic E-state index is 0.815. The van der Waals surface area contributed by atoms with Crippen molar-refractivity contribution in [3.05, 3.63) is 29.8 Å². The molecule has 1 aliphatic carbocycles. The van der Waals surface area contributed by atoms with Crippen LogP contribution in [0.25, 0.3) is 0 Å². The Labute approximate surface area is 128 Å². The van der Waals surface area contributed by atoms with Crippen LogP contribution in [0.5, 0.6) is 5.75 Å². The highest BCUT2D eigenvalue weighted by Crippen LogP contribution is 2.36. The fourth-order valence-electron chi connectivity index (χ4n) is 3.74. The van der Waals surface area contributed by atoms with Crippen LogP contribution < -0.4 is 10.1 Å². The van der Waals surface area contributed by atoms with E-state index < -0.39 is 0 Å². The second-order valence-corrected chi connectivity index (χ2v) is 6.50. The second kappa shape index (κ2) is 7.28. The first-order valence-corrected chi connectivity index (χ1v) is 8.51. The molecule has 0 spiro atoms. The SMILES string of the molecule is CCCNCc1cccc(OCCN2CC3CCC2C3)c1. The first kappa shape index (κ1) is 14.9. The van der Waals surface area contributed by atoms with E-state index >= 15 is 0 Å². The summed E-state index contributed by atoms with van der Waals surface area (Å²) in [5, 5.41) is 3.43. The Balaban J connectivity index is 1.41. The third kappa shape index (κ3) is 3.98. The molecule has 1 heterocycles. The molecule has 21 heavy (non-hydrogen) atoms. The zero-order valence-electron chi connectivity index (χ0n) is 13.2. The molecule has 2 bridgehead atoms. The lowest BCUT2D eigenvalue weighted by atomic mass is 10.1. The van der Waals surface area contributed by atoms with Crippen molar-refractivity contribution in [3.63, 3.8) is 0 Å². The first-order chi connectivity index (χ1) is 10.3. The third-order valence-corrected chi connectivity index (χ3v) is 4.82. The molecule has 1 aromatic carbocycles. The second-order valence-electron chi connectivity index (χ2n) is 6.50. The van der Waals surface area contributed by atoms with Crippen LogP contribution in [0.15, 0.2) is 24.3 Å². The Kier molecular flexibility index (Phi) is 5.15. The molecule has 116 valence electrons. The van der Waals surface area contributed by atoms with Crippen LogP contribution in [0.3, 0.4) is 0 Å². The predicted octanol–water partition coefficient (Wildman–Crippen LogP) is 3.05. The van der Waals surface area contributed by atoms with Crippen LogP contribution in [0.1, 0.15) is 38.2 Å². The van der Waals surface area contributed by atoms with Gasteiger partial charge in [-0.15, -0.1) is 0 Å². The van der Waals surface area contributed by atoms with Gasteiger partial charge in [0.25, 0.3) is 0 Å². The lowest BCUT2D eigenvalue weighted by Gasteiger charge is -2.26. The molecule has 0 aromatic heterocycles. The molecule has 1 N–H and O–H groups in total. The smallest absolute Gasteiger partial charge is 0.119 e. The minimum absolute atomic E-state index is 0.815. The number of piperidine rings is 1. The van der Waals surface area contributed by atoms with Gasteiger partial charge in [0.1, 0.15) is 12.4 Å². The molecule has 2 aliphatic rings. The number of benzene rings is 1. The normalized spacial score (nSPS) is 24.6. The fourth-order valence-corrected chi connectivity index (χ4v) is 3.74. The maximum absolute atomic E-state index is 5.95. The number of likely N-dealkylation sites (tertiary alicyclic amines) is 1. The van der Waals surface area contributed by atoms with E-state index in [-0.39, 0.29) is 0 Å². The monoisotopic (exact) mass is 288 g/mol. The zero-order chi connectivity index (χ0) is 14.5. The summed E-state index contributed by atoms with van der Waals surface area (Å²) < 4.78 is 5.95. The highest BCUT2D eigenvalue weighted by molar-refractivity contribution is 5.28. The molecular formula is C18H28N2O. The van der Waals surface area contributed by atoms with E-state index in [1.54, 1.807) is 0 Å².